The van der Waals surface area contributed by atoms with Gasteiger partial charge in [-0.25, -0.2) is 0 Å². The predicted molar refractivity (Wildman–Crippen MR) is 71.6 cm³/mol. The maximum atomic E-state index is 5.79. The second-order valence-corrected chi connectivity index (χ2v) is 5.86. The Bertz CT molecular complexity index is 308. The summed E-state index contributed by atoms with van der Waals surface area (Å²) in [4.78, 5) is 0. The lowest BCUT2D eigenvalue weighted by molar-refractivity contribution is 0.146. The summed E-state index contributed by atoms with van der Waals surface area (Å²) in [6.07, 6.45) is 1.83. The molecule has 2 nitrogen and oxygen atoms in total. The SMILES string of the molecule is C=Cc1ccc(O[SiH2]C(C)COCC)cc1. The van der Waals surface area contributed by atoms with Crippen LogP contribution in [0.4, 0.5) is 0 Å². The number of hydrogen-bond donors (Lipinski definition) is 0. The zero-order valence-corrected chi connectivity index (χ0v) is 11.5. The number of rotatable bonds is 7. The molecule has 0 radical (unpaired) electrons. The summed E-state index contributed by atoms with van der Waals surface area (Å²) in [6.45, 7) is 9.51. The van der Waals surface area contributed by atoms with Gasteiger partial charge >= 0.3 is 0 Å². The molecule has 1 aromatic carbocycles. The molecule has 1 aromatic rings. The average Bonchev–Trinajstić information content (AvgIpc) is 2.34. The standard InChI is InChI=1S/C13H20O2Si/c1-4-12-6-8-13(9-7-12)15-16-11(3)10-14-5-2/h4,6-9,11H,1,5,10,16H2,2-3H3. The van der Waals surface area contributed by atoms with E-state index >= 15 is 0 Å². The third kappa shape index (κ3) is 4.64. The molecule has 1 rings (SSSR count). The largest absolute Gasteiger partial charge is 0.549 e. The third-order valence-corrected chi connectivity index (χ3v) is 3.56. The fourth-order valence-electron chi connectivity index (χ4n) is 1.31. The van der Waals surface area contributed by atoms with Crippen LogP contribution >= 0.6 is 0 Å². The highest BCUT2D eigenvalue weighted by Crippen LogP contribution is 2.14. The molecule has 0 N–H and O–H groups in total. The van der Waals surface area contributed by atoms with Crippen LogP contribution in [0.1, 0.15) is 19.4 Å². The first-order chi connectivity index (χ1) is 7.76. The Balaban J connectivity index is 2.33. The van der Waals surface area contributed by atoms with Crippen molar-refractivity contribution in [2.45, 2.75) is 19.4 Å². The summed E-state index contributed by atoms with van der Waals surface area (Å²) in [5.41, 5.74) is 1.68. The zero-order valence-electron chi connectivity index (χ0n) is 10.1. The monoisotopic (exact) mass is 236 g/mol. The van der Waals surface area contributed by atoms with Crippen molar-refractivity contribution in [2.24, 2.45) is 0 Å². The second-order valence-electron chi connectivity index (χ2n) is 3.85. The summed E-state index contributed by atoms with van der Waals surface area (Å²) in [6, 6.07) is 8.03. The lowest BCUT2D eigenvalue weighted by atomic mass is 10.2. The van der Waals surface area contributed by atoms with E-state index in [1.807, 2.05) is 37.3 Å². The molecule has 0 amide bonds. The first-order valence-electron chi connectivity index (χ1n) is 5.69. The molecule has 88 valence electrons. The van der Waals surface area contributed by atoms with Gasteiger partial charge in [-0.05, 0) is 24.6 Å². The highest BCUT2D eigenvalue weighted by Gasteiger charge is 2.04. The van der Waals surface area contributed by atoms with E-state index in [1.54, 1.807) is 0 Å². The van der Waals surface area contributed by atoms with Crippen LogP contribution in [0.5, 0.6) is 5.75 Å². The molecule has 0 bridgehead atoms. The van der Waals surface area contributed by atoms with Crippen LogP contribution in [0, 0.1) is 0 Å². The van der Waals surface area contributed by atoms with E-state index in [0.717, 1.165) is 24.5 Å². The lowest BCUT2D eigenvalue weighted by Crippen LogP contribution is -2.13. The van der Waals surface area contributed by atoms with Crippen LogP contribution in [0.15, 0.2) is 30.8 Å². The van der Waals surface area contributed by atoms with Crippen molar-refractivity contribution in [3.63, 3.8) is 0 Å². The molecule has 1 atom stereocenters. The second kappa shape index (κ2) is 7.25. The summed E-state index contributed by atoms with van der Waals surface area (Å²) in [5, 5.41) is 0. The maximum Gasteiger partial charge on any atom is 0.224 e. The molecular formula is C13H20O2Si. The molecule has 1 unspecified atom stereocenters. The van der Waals surface area contributed by atoms with Crippen molar-refractivity contribution >= 4 is 15.8 Å². The Hall–Kier alpha value is -1.06. The molecule has 0 heterocycles. The van der Waals surface area contributed by atoms with Gasteiger partial charge in [0.15, 0.2) is 0 Å². The molecule has 0 fully saturated rings. The van der Waals surface area contributed by atoms with Crippen LogP contribution in [-0.4, -0.2) is 23.0 Å². The van der Waals surface area contributed by atoms with E-state index in [4.69, 9.17) is 9.16 Å². The van der Waals surface area contributed by atoms with Gasteiger partial charge in [0.25, 0.3) is 0 Å². The van der Waals surface area contributed by atoms with Gasteiger partial charge in [-0.2, -0.15) is 0 Å². The number of ether oxygens (including phenoxy) is 1. The third-order valence-electron chi connectivity index (χ3n) is 2.26. The van der Waals surface area contributed by atoms with Crippen molar-refractivity contribution < 1.29 is 9.16 Å². The molecule has 0 aliphatic rings. The summed E-state index contributed by atoms with van der Waals surface area (Å²) in [7, 11) is -0.552. The molecule has 0 aliphatic heterocycles. The van der Waals surface area contributed by atoms with Crippen molar-refractivity contribution in [3.05, 3.63) is 36.4 Å². The predicted octanol–water partition coefficient (Wildman–Crippen LogP) is 2.64. The van der Waals surface area contributed by atoms with E-state index in [0.29, 0.717) is 5.54 Å². The quantitative estimate of drug-likeness (QED) is 0.678. The Morgan fingerprint density at radius 1 is 1.38 bits per heavy atom. The van der Waals surface area contributed by atoms with E-state index < -0.39 is 9.76 Å². The lowest BCUT2D eigenvalue weighted by Gasteiger charge is -2.12. The van der Waals surface area contributed by atoms with E-state index in [2.05, 4.69) is 13.5 Å². The first kappa shape index (κ1) is 13.0. The van der Waals surface area contributed by atoms with Crippen LogP contribution in [0.25, 0.3) is 6.08 Å². The number of hydrogen-bond acceptors (Lipinski definition) is 2. The first-order valence-corrected chi connectivity index (χ1v) is 7.08. The van der Waals surface area contributed by atoms with Crippen molar-refractivity contribution in [1.82, 2.24) is 0 Å². The van der Waals surface area contributed by atoms with Gasteiger partial charge < -0.3 is 9.16 Å². The van der Waals surface area contributed by atoms with Crippen LogP contribution in [0.2, 0.25) is 5.54 Å². The Morgan fingerprint density at radius 2 is 2.06 bits per heavy atom. The van der Waals surface area contributed by atoms with Gasteiger partial charge in [-0.1, -0.05) is 31.7 Å². The molecule has 0 spiro atoms. The van der Waals surface area contributed by atoms with E-state index in [9.17, 15) is 0 Å². The highest BCUT2D eigenvalue weighted by atomic mass is 28.2. The summed E-state index contributed by atoms with van der Waals surface area (Å²) < 4.78 is 11.2. The van der Waals surface area contributed by atoms with E-state index in [1.165, 1.54) is 0 Å². The van der Waals surface area contributed by atoms with E-state index in [-0.39, 0.29) is 0 Å². The van der Waals surface area contributed by atoms with Crippen LogP contribution in [0.3, 0.4) is 0 Å². The molecule has 0 aliphatic carbocycles. The molecule has 0 saturated heterocycles. The molecular weight excluding hydrogens is 216 g/mol. The highest BCUT2D eigenvalue weighted by molar-refractivity contribution is 6.30. The van der Waals surface area contributed by atoms with Gasteiger partial charge in [0.05, 0.1) is 0 Å². The van der Waals surface area contributed by atoms with Crippen LogP contribution < -0.4 is 4.43 Å². The molecule has 0 saturated carbocycles. The van der Waals surface area contributed by atoms with Gasteiger partial charge in [0.1, 0.15) is 5.75 Å². The number of benzene rings is 1. The Morgan fingerprint density at radius 3 is 2.62 bits per heavy atom. The fourth-order valence-corrected chi connectivity index (χ4v) is 2.24. The molecule has 16 heavy (non-hydrogen) atoms. The normalized spacial score (nSPS) is 12.9. The van der Waals surface area contributed by atoms with Gasteiger partial charge in [-0.15, -0.1) is 0 Å². The summed E-state index contributed by atoms with van der Waals surface area (Å²) in [5.74, 6) is 0.959. The fraction of sp³-hybridized carbons (Fsp3) is 0.385. The minimum Gasteiger partial charge on any atom is -0.549 e. The average molecular weight is 236 g/mol. The minimum atomic E-state index is -0.552. The Labute approximate surface area is 100 Å². The zero-order chi connectivity index (χ0) is 11.8. The maximum absolute atomic E-state index is 5.79. The van der Waals surface area contributed by atoms with Gasteiger partial charge in [-0.3, -0.25) is 0 Å². The smallest absolute Gasteiger partial charge is 0.224 e. The summed E-state index contributed by atoms with van der Waals surface area (Å²) >= 11 is 0. The molecule has 3 heteroatoms. The minimum absolute atomic E-state index is 0.552. The van der Waals surface area contributed by atoms with Crippen molar-refractivity contribution in [1.29, 1.82) is 0 Å². The Kier molecular flexibility index (Phi) is 5.89. The van der Waals surface area contributed by atoms with Crippen molar-refractivity contribution in [3.8, 4) is 5.75 Å². The van der Waals surface area contributed by atoms with Crippen molar-refractivity contribution in [2.75, 3.05) is 13.2 Å². The topological polar surface area (TPSA) is 18.5 Å². The molecule has 0 aromatic heterocycles. The van der Waals surface area contributed by atoms with Crippen LogP contribution in [-0.2, 0) is 4.74 Å². The van der Waals surface area contributed by atoms with Gasteiger partial charge in [0.2, 0.25) is 9.76 Å². The van der Waals surface area contributed by atoms with Gasteiger partial charge in [0, 0.05) is 18.8 Å².